The number of hydrogen-bond acceptors (Lipinski definition) is 5. The average Bonchev–Trinajstić information content (AvgIpc) is 2.95. The molecule has 0 aliphatic rings. The number of anilines is 1. The second kappa shape index (κ2) is 12.9. The fourth-order valence-corrected chi connectivity index (χ4v) is 5.82. The number of ether oxygens (including phenoxy) is 1. The molecule has 1 heterocycles. The minimum absolute atomic E-state index is 0.143. The van der Waals surface area contributed by atoms with Crippen molar-refractivity contribution in [3.63, 3.8) is 0 Å². The van der Waals surface area contributed by atoms with Crippen molar-refractivity contribution in [3.8, 4) is 5.75 Å². The van der Waals surface area contributed by atoms with E-state index in [0.717, 1.165) is 22.5 Å². The van der Waals surface area contributed by atoms with Gasteiger partial charge in [-0.25, -0.2) is 17.2 Å². The summed E-state index contributed by atoms with van der Waals surface area (Å²) in [6.45, 7) is 2.10. The highest BCUT2D eigenvalue weighted by Gasteiger charge is 2.34. The summed E-state index contributed by atoms with van der Waals surface area (Å²) in [4.78, 5) is 16.0. The molecule has 7 nitrogen and oxygen atoms in total. The van der Waals surface area contributed by atoms with E-state index in [1.165, 1.54) is 30.5 Å². The minimum Gasteiger partial charge on any atom is -0.493 e. The zero-order chi connectivity index (χ0) is 28.7. The van der Waals surface area contributed by atoms with E-state index in [-0.39, 0.29) is 17.4 Å². The molecule has 4 aromatic rings. The van der Waals surface area contributed by atoms with Crippen LogP contribution in [-0.2, 0) is 10.0 Å². The summed E-state index contributed by atoms with van der Waals surface area (Å²) in [5.74, 6) is -1.60. The number of aromatic nitrogens is 1. The van der Waals surface area contributed by atoms with Crippen LogP contribution in [0.3, 0.4) is 0 Å². The number of nitrogens with zero attached hydrogens (tertiary/aromatic N) is 2. The lowest BCUT2D eigenvalue weighted by molar-refractivity contribution is 0.0951. The highest BCUT2D eigenvalue weighted by Crippen LogP contribution is 2.38. The summed E-state index contributed by atoms with van der Waals surface area (Å²) >= 11 is 5.94. The van der Waals surface area contributed by atoms with E-state index in [0.29, 0.717) is 34.9 Å². The molecule has 11 heteroatoms. The average molecular weight is 586 g/mol. The molecule has 0 aliphatic heterocycles. The van der Waals surface area contributed by atoms with Crippen molar-refractivity contribution in [2.75, 3.05) is 17.5 Å². The van der Waals surface area contributed by atoms with Crippen molar-refractivity contribution in [1.29, 1.82) is 0 Å². The van der Waals surface area contributed by atoms with Gasteiger partial charge in [0.1, 0.15) is 17.4 Å². The highest BCUT2D eigenvalue weighted by molar-refractivity contribution is 7.92. The number of amides is 1. The number of carbonyl (C=O) groups is 1. The van der Waals surface area contributed by atoms with Crippen LogP contribution in [0.25, 0.3) is 0 Å². The fraction of sp³-hybridized carbons (Fsp3) is 0.172. The van der Waals surface area contributed by atoms with Gasteiger partial charge in [-0.3, -0.25) is 14.1 Å². The first kappa shape index (κ1) is 29.0. The van der Waals surface area contributed by atoms with Crippen LogP contribution in [0.2, 0.25) is 5.02 Å². The van der Waals surface area contributed by atoms with Gasteiger partial charge in [-0.15, -0.1) is 0 Å². The van der Waals surface area contributed by atoms with Crippen LogP contribution in [0, 0.1) is 11.6 Å². The normalized spacial score (nSPS) is 12.0. The molecule has 0 radical (unpaired) electrons. The van der Waals surface area contributed by atoms with Gasteiger partial charge >= 0.3 is 0 Å². The number of carbonyl (C=O) groups excluding carboxylic acids is 1. The maximum atomic E-state index is 15.0. The molecule has 1 N–H and O–H groups in total. The summed E-state index contributed by atoms with van der Waals surface area (Å²) in [5.41, 5.74) is 0.424. The first-order valence-corrected chi connectivity index (χ1v) is 14.2. The largest absolute Gasteiger partial charge is 0.493 e. The fourth-order valence-electron chi connectivity index (χ4n) is 4.06. The summed E-state index contributed by atoms with van der Waals surface area (Å²) in [5, 5.41) is 3.11. The van der Waals surface area contributed by atoms with Crippen LogP contribution in [0.5, 0.6) is 5.75 Å². The maximum absolute atomic E-state index is 15.0. The maximum Gasteiger partial charge on any atom is 0.264 e. The topological polar surface area (TPSA) is 88.6 Å². The van der Waals surface area contributed by atoms with E-state index in [1.807, 2.05) is 0 Å². The Balaban J connectivity index is 1.57. The first-order valence-electron chi connectivity index (χ1n) is 12.3. The lowest BCUT2D eigenvalue weighted by atomic mass is 10.1. The molecule has 0 spiro atoms. The van der Waals surface area contributed by atoms with Gasteiger partial charge in [-0.1, -0.05) is 29.8 Å². The second-order valence-corrected chi connectivity index (χ2v) is 11.0. The number of para-hydroxylation sites is 1. The quantitative estimate of drug-likeness (QED) is 0.213. The van der Waals surface area contributed by atoms with E-state index in [4.69, 9.17) is 16.3 Å². The van der Waals surface area contributed by atoms with E-state index in [9.17, 15) is 17.6 Å². The number of pyridine rings is 1. The predicted octanol–water partition coefficient (Wildman–Crippen LogP) is 6.17. The van der Waals surface area contributed by atoms with Gasteiger partial charge < -0.3 is 10.1 Å². The van der Waals surface area contributed by atoms with E-state index < -0.39 is 33.4 Å². The van der Waals surface area contributed by atoms with E-state index in [2.05, 4.69) is 10.3 Å². The van der Waals surface area contributed by atoms with Gasteiger partial charge in [0.2, 0.25) is 0 Å². The Labute approximate surface area is 236 Å². The molecular weight excluding hydrogens is 560 g/mol. The van der Waals surface area contributed by atoms with Gasteiger partial charge in [0, 0.05) is 35.6 Å². The molecule has 1 aromatic heterocycles. The van der Waals surface area contributed by atoms with Crippen LogP contribution in [0.1, 0.15) is 35.3 Å². The number of nitrogens with one attached hydrogen (secondary N) is 1. The molecular formula is C29H26ClF2N3O4S. The zero-order valence-electron chi connectivity index (χ0n) is 21.4. The summed E-state index contributed by atoms with van der Waals surface area (Å²) in [6, 6.07) is 17.1. The second-order valence-electron chi connectivity index (χ2n) is 8.76. The smallest absolute Gasteiger partial charge is 0.264 e. The molecule has 0 aliphatic carbocycles. The first-order chi connectivity index (χ1) is 19.2. The van der Waals surface area contributed by atoms with Gasteiger partial charge in [-0.2, -0.15) is 0 Å². The van der Waals surface area contributed by atoms with Crippen molar-refractivity contribution in [2.45, 2.75) is 24.3 Å². The number of rotatable bonds is 11. The molecule has 208 valence electrons. The Morgan fingerprint density at radius 3 is 2.52 bits per heavy atom. The van der Waals surface area contributed by atoms with E-state index in [1.54, 1.807) is 49.5 Å². The number of sulfonamides is 1. The summed E-state index contributed by atoms with van der Waals surface area (Å²) in [6.07, 6.45) is 3.50. The van der Waals surface area contributed by atoms with Crippen molar-refractivity contribution in [3.05, 3.63) is 119 Å². The zero-order valence-corrected chi connectivity index (χ0v) is 23.0. The van der Waals surface area contributed by atoms with Crippen LogP contribution in [0.15, 0.2) is 96.2 Å². The third-order valence-electron chi connectivity index (χ3n) is 6.02. The van der Waals surface area contributed by atoms with Crippen LogP contribution >= 0.6 is 11.6 Å². The van der Waals surface area contributed by atoms with E-state index >= 15 is 4.39 Å². The molecule has 1 amide bonds. The van der Waals surface area contributed by atoms with Gasteiger partial charge in [0.05, 0.1) is 28.8 Å². The van der Waals surface area contributed by atoms with Gasteiger partial charge in [-0.05, 0) is 67.9 Å². The monoisotopic (exact) mass is 585 g/mol. The van der Waals surface area contributed by atoms with Crippen molar-refractivity contribution < 1.29 is 26.7 Å². The van der Waals surface area contributed by atoms with Crippen LogP contribution in [0.4, 0.5) is 14.5 Å². The molecule has 0 bridgehead atoms. The molecule has 3 aromatic carbocycles. The predicted molar refractivity (Wildman–Crippen MR) is 149 cm³/mol. The third kappa shape index (κ3) is 6.75. The Morgan fingerprint density at radius 1 is 1.05 bits per heavy atom. The summed E-state index contributed by atoms with van der Waals surface area (Å²) < 4.78 is 63.7. The third-order valence-corrected chi connectivity index (χ3v) is 8.18. The molecule has 1 atom stereocenters. The number of benzene rings is 3. The Kier molecular flexibility index (Phi) is 9.34. The molecule has 1 unspecified atom stereocenters. The minimum atomic E-state index is -4.38. The lowest BCUT2D eigenvalue weighted by Crippen LogP contribution is -2.34. The Morgan fingerprint density at radius 2 is 1.80 bits per heavy atom. The Bertz CT molecular complexity index is 1570. The van der Waals surface area contributed by atoms with Crippen molar-refractivity contribution in [2.24, 2.45) is 0 Å². The molecule has 4 rings (SSSR count). The van der Waals surface area contributed by atoms with Crippen molar-refractivity contribution >= 4 is 33.2 Å². The summed E-state index contributed by atoms with van der Waals surface area (Å²) in [7, 11) is -4.38. The van der Waals surface area contributed by atoms with Crippen LogP contribution in [-0.4, -0.2) is 32.5 Å². The molecule has 40 heavy (non-hydrogen) atoms. The number of halogens is 3. The van der Waals surface area contributed by atoms with Crippen molar-refractivity contribution in [1.82, 2.24) is 10.3 Å². The standard InChI is InChI=1S/C29H26ClF2N3O4S/c1-20(25-7-2-3-8-28(25)39-17-5-16-34-29(36)21-6-4-15-33-19-21)35(27-18-23(31)11-14-26(27)32)40(37,38)24-12-9-22(30)10-13-24/h2-4,6-15,18-20H,5,16-17H2,1H3,(H,34,36). The SMILES string of the molecule is CC(c1ccccc1OCCCNC(=O)c1cccnc1)N(c1cc(F)ccc1F)S(=O)(=O)c1ccc(Cl)cc1. The lowest BCUT2D eigenvalue weighted by Gasteiger charge is -2.32. The Hall–Kier alpha value is -4.02. The highest BCUT2D eigenvalue weighted by atomic mass is 35.5. The molecule has 0 saturated heterocycles. The molecule has 0 saturated carbocycles. The van der Waals surface area contributed by atoms with Gasteiger partial charge in [0.15, 0.2) is 0 Å². The van der Waals surface area contributed by atoms with Crippen LogP contribution < -0.4 is 14.4 Å². The molecule has 0 fully saturated rings. The number of hydrogen-bond donors (Lipinski definition) is 1. The van der Waals surface area contributed by atoms with Gasteiger partial charge in [0.25, 0.3) is 15.9 Å².